The maximum absolute atomic E-state index is 8.78. The molecule has 0 radical (unpaired) electrons. The van der Waals surface area contributed by atoms with Crippen LogP contribution in [0.25, 0.3) is 0 Å². The van der Waals surface area contributed by atoms with Crippen LogP contribution < -0.4 is 5.73 Å². The smallest absolute Gasteiger partial charge is 0.105 e. The van der Waals surface area contributed by atoms with Gasteiger partial charge in [0.1, 0.15) is 6.61 Å². The van der Waals surface area contributed by atoms with Crippen LogP contribution >= 0.6 is 0 Å². The standard InChI is InChI=1S/C5H13NO25/c1-5(6,3-7)4-9-11-13-15-17-19-21-23-25-27-29-31-30-28-26-24-22-20-18-16-14-12-10-8-2/h7H,3-4,6H2,1-2H3. The Hall–Kier alpha value is -1.04. The summed E-state index contributed by atoms with van der Waals surface area (Å²) in [6.07, 6.45) is 0. The largest absolute Gasteiger partial charge is 0.394 e. The molecule has 0 bridgehead atoms. The van der Waals surface area contributed by atoms with Crippen LogP contribution in [0, 0.1) is 0 Å². The third-order valence-corrected chi connectivity index (χ3v) is 1.45. The predicted octanol–water partition coefficient (Wildman–Crippen LogP) is -2.23. The second-order valence-corrected chi connectivity index (χ2v) is 3.74. The van der Waals surface area contributed by atoms with Gasteiger partial charge in [-0.2, -0.15) is 0 Å². The fourth-order valence-electron chi connectivity index (χ4n) is 0.479. The lowest BCUT2D eigenvalue weighted by Crippen LogP contribution is -2.44. The molecule has 26 heteroatoms. The van der Waals surface area contributed by atoms with Crippen LogP contribution in [0.5, 0.6) is 0 Å². The molecular formula is C5H13NO25. The van der Waals surface area contributed by atoms with Crippen LogP contribution in [0.15, 0.2) is 0 Å². The Bertz CT molecular complexity index is 342. The maximum atomic E-state index is 8.78. The molecule has 0 saturated carbocycles. The van der Waals surface area contributed by atoms with E-state index in [-0.39, 0.29) is 6.61 Å². The van der Waals surface area contributed by atoms with Crippen LogP contribution in [0.1, 0.15) is 6.92 Å². The van der Waals surface area contributed by atoms with E-state index in [0.29, 0.717) is 0 Å². The molecule has 0 aliphatic carbocycles. The molecule has 0 heterocycles. The summed E-state index contributed by atoms with van der Waals surface area (Å²) in [4.78, 5) is 8.22. The Kier molecular flexibility index (Phi) is 22.8. The van der Waals surface area contributed by atoms with Crippen molar-refractivity contribution in [2.24, 2.45) is 5.73 Å². The quantitative estimate of drug-likeness (QED) is 0.0742. The lowest BCUT2D eigenvalue weighted by molar-refractivity contribution is -0.899. The van der Waals surface area contributed by atoms with Gasteiger partial charge in [0.05, 0.1) is 19.3 Å². The van der Waals surface area contributed by atoms with Gasteiger partial charge in [0.2, 0.25) is 0 Å². The molecular weight excluding hydrogens is 474 g/mol. The van der Waals surface area contributed by atoms with E-state index in [0.717, 1.165) is 7.11 Å². The Morgan fingerprint density at radius 1 is 0.516 bits per heavy atom. The molecule has 0 spiro atoms. The van der Waals surface area contributed by atoms with Crippen molar-refractivity contribution in [3.8, 4) is 0 Å². The summed E-state index contributed by atoms with van der Waals surface area (Å²) in [6.45, 7) is 0.800. The molecule has 0 amide bonds. The number of rotatable bonds is 26. The van der Waals surface area contributed by atoms with Gasteiger partial charge in [-0.25, -0.2) is 9.78 Å². The lowest BCUT2D eigenvalue weighted by Gasteiger charge is -2.18. The van der Waals surface area contributed by atoms with Crippen molar-refractivity contribution in [2.45, 2.75) is 12.5 Å². The van der Waals surface area contributed by atoms with Gasteiger partial charge >= 0.3 is 0 Å². The molecule has 3 N–H and O–H groups in total. The molecule has 0 aliphatic rings. The topological polar surface area (TPSA) is 268 Å². The Balaban J connectivity index is 3.05. The van der Waals surface area contributed by atoms with E-state index in [2.05, 4.69) is 121 Å². The molecule has 31 heavy (non-hydrogen) atoms. The SMILES string of the molecule is COOOOOOOOOOOOOOOOOOOOOOOOCC(C)(N)CO. The van der Waals surface area contributed by atoms with E-state index < -0.39 is 12.1 Å². The fourth-order valence-corrected chi connectivity index (χ4v) is 0.479. The summed E-state index contributed by atoms with van der Waals surface area (Å²) >= 11 is 0. The zero-order chi connectivity index (χ0) is 22.9. The highest BCUT2D eigenvalue weighted by atomic mass is 18.0. The van der Waals surface area contributed by atoms with E-state index in [1.807, 2.05) is 0 Å². The first-order chi connectivity index (χ1) is 15.1. The summed E-state index contributed by atoms with van der Waals surface area (Å²) in [5.74, 6) is 0. The highest BCUT2D eigenvalue weighted by molar-refractivity contribution is 4.75. The monoisotopic (exact) mass is 487 g/mol. The maximum Gasteiger partial charge on any atom is 0.105 e. The van der Waals surface area contributed by atoms with Crippen molar-refractivity contribution >= 4 is 0 Å². The summed E-state index contributed by atoms with van der Waals surface area (Å²) < 4.78 is 0. The highest BCUT2D eigenvalue weighted by Gasteiger charge is 2.18. The van der Waals surface area contributed by atoms with Crippen molar-refractivity contribution in [2.75, 3.05) is 20.3 Å². The van der Waals surface area contributed by atoms with Crippen LogP contribution in [-0.2, 0) is 121 Å². The summed E-state index contributed by atoms with van der Waals surface area (Å²) in [6, 6.07) is 0. The van der Waals surface area contributed by atoms with Crippen molar-refractivity contribution < 1.29 is 126 Å². The molecule has 188 valence electrons. The van der Waals surface area contributed by atoms with Crippen molar-refractivity contribution in [1.29, 1.82) is 0 Å². The number of hydrogen-bond acceptors (Lipinski definition) is 26. The average Bonchev–Trinajstić information content (AvgIpc) is 2.76. The highest BCUT2D eigenvalue weighted by Crippen LogP contribution is 1.99. The zero-order valence-corrected chi connectivity index (χ0v) is 14.7. The van der Waals surface area contributed by atoms with E-state index >= 15 is 0 Å². The van der Waals surface area contributed by atoms with E-state index in [1.165, 1.54) is 6.92 Å². The molecule has 0 aliphatic heterocycles. The Morgan fingerprint density at radius 2 is 0.774 bits per heavy atom. The zero-order valence-electron chi connectivity index (χ0n) is 14.7. The van der Waals surface area contributed by atoms with Gasteiger partial charge in [0, 0.05) is 30.2 Å². The molecule has 0 aromatic rings. The second kappa shape index (κ2) is 23.6. The van der Waals surface area contributed by atoms with Gasteiger partial charge in [-0.15, -0.1) is 0 Å². The molecule has 0 rings (SSSR count). The molecule has 1 atom stereocenters. The van der Waals surface area contributed by atoms with Crippen molar-refractivity contribution in [3.63, 3.8) is 0 Å². The van der Waals surface area contributed by atoms with Crippen LogP contribution in [-0.4, -0.2) is 31.0 Å². The predicted molar refractivity (Wildman–Crippen MR) is 56.5 cm³/mol. The molecule has 0 aromatic carbocycles. The third-order valence-electron chi connectivity index (χ3n) is 1.45. The summed E-state index contributed by atoms with van der Waals surface area (Å²) in [5, 5.41) is 87.8. The number of nitrogens with two attached hydrogens (primary N) is 1. The number of aliphatic hydroxyl groups is 1. The normalized spacial score (nSPS) is 13.5. The van der Waals surface area contributed by atoms with E-state index in [9.17, 15) is 0 Å². The van der Waals surface area contributed by atoms with Gasteiger partial charge in [-0.1, -0.05) is 0 Å². The van der Waals surface area contributed by atoms with Crippen molar-refractivity contribution in [1.82, 2.24) is 0 Å². The minimum atomic E-state index is -1.08. The van der Waals surface area contributed by atoms with Crippen molar-refractivity contribution in [3.05, 3.63) is 0 Å². The molecule has 1 unspecified atom stereocenters. The fraction of sp³-hybridized carbons (Fsp3) is 1.00. The molecule has 0 saturated heterocycles. The minimum absolute atomic E-state index is 0.264. The first kappa shape index (κ1) is 30.0. The van der Waals surface area contributed by atoms with Gasteiger partial charge in [-0.05, 0) is 87.5 Å². The van der Waals surface area contributed by atoms with E-state index in [4.69, 9.17) is 10.8 Å². The van der Waals surface area contributed by atoms with Crippen LogP contribution in [0.2, 0.25) is 0 Å². The number of hydrogen-bond donors (Lipinski definition) is 2. The minimum Gasteiger partial charge on any atom is -0.394 e. The number of aliphatic hydroxyl groups excluding tert-OH is 1. The Labute approximate surface area is 165 Å². The molecule has 0 fully saturated rings. The summed E-state index contributed by atoms with van der Waals surface area (Å²) in [5.41, 5.74) is 4.38. The van der Waals surface area contributed by atoms with Gasteiger partial charge in [0.25, 0.3) is 0 Å². The molecule has 26 nitrogen and oxygen atoms in total. The van der Waals surface area contributed by atoms with Gasteiger partial charge in [0.15, 0.2) is 0 Å². The van der Waals surface area contributed by atoms with Gasteiger partial charge in [-0.3, -0.25) is 0 Å². The average molecular weight is 487 g/mol. The Morgan fingerprint density at radius 3 is 1.03 bits per heavy atom. The lowest BCUT2D eigenvalue weighted by atomic mass is 10.1. The van der Waals surface area contributed by atoms with E-state index in [1.54, 1.807) is 0 Å². The van der Waals surface area contributed by atoms with Gasteiger partial charge < -0.3 is 10.8 Å². The van der Waals surface area contributed by atoms with Crippen LogP contribution in [0.3, 0.4) is 0 Å². The summed E-state index contributed by atoms with van der Waals surface area (Å²) in [7, 11) is 1.09. The third kappa shape index (κ3) is 25.1. The first-order valence-corrected chi connectivity index (χ1v) is 6.34. The first-order valence-electron chi connectivity index (χ1n) is 6.34. The molecule has 0 aromatic heterocycles. The van der Waals surface area contributed by atoms with Crippen LogP contribution in [0.4, 0.5) is 0 Å². The second-order valence-electron chi connectivity index (χ2n) is 3.74.